The molecule has 62 valence electrons. The van der Waals surface area contributed by atoms with Crippen molar-refractivity contribution >= 4 is 11.8 Å². The van der Waals surface area contributed by atoms with Gasteiger partial charge in [0.1, 0.15) is 0 Å². The van der Waals surface area contributed by atoms with E-state index in [-0.39, 0.29) is 0 Å². The Morgan fingerprint density at radius 1 is 1.45 bits per heavy atom. The average Bonchev–Trinajstić information content (AvgIpc) is 2.26. The highest BCUT2D eigenvalue weighted by Crippen LogP contribution is 2.22. The molecule has 0 aliphatic carbocycles. The van der Waals surface area contributed by atoms with Gasteiger partial charge in [0, 0.05) is 12.2 Å². The van der Waals surface area contributed by atoms with Crippen molar-refractivity contribution in [2.24, 2.45) is 0 Å². The molecule has 0 radical (unpaired) electrons. The molecule has 0 amide bonds. The number of aromatic nitrogens is 2. The molecule has 0 saturated heterocycles. The monoisotopic (exact) mass is 170 g/mol. The van der Waals surface area contributed by atoms with Crippen molar-refractivity contribution in [3.05, 3.63) is 11.4 Å². The van der Waals surface area contributed by atoms with E-state index in [1.54, 1.807) is 11.8 Å². The summed E-state index contributed by atoms with van der Waals surface area (Å²) in [6, 6.07) is 0. The molecule has 0 saturated carbocycles. The Morgan fingerprint density at radius 2 is 2.09 bits per heavy atom. The van der Waals surface area contributed by atoms with E-state index in [9.17, 15) is 0 Å². The fourth-order valence-electron chi connectivity index (χ4n) is 1.28. The summed E-state index contributed by atoms with van der Waals surface area (Å²) in [5.41, 5.74) is 2.44. The van der Waals surface area contributed by atoms with Crippen LogP contribution in [0.15, 0.2) is 4.90 Å². The van der Waals surface area contributed by atoms with Gasteiger partial charge >= 0.3 is 0 Å². The summed E-state index contributed by atoms with van der Waals surface area (Å²) in [6.45, 7) is 7.26. The molecule has 1 rings (SSSR count). The van der Waals surface area contributed by atoms with Gasteiger partial charge in [0.15, 0.2) is 0 Å². The molecule has 0 fully saturated rings. The summed E-state index contributed by atoms with van der Waals surface area (Å²) in [4.78, 5) is 1.33. The quantitative estimate of drug-likeness (QED) is 0.633. The van der Waals surface area contributed by atoms with Crippen LogP contribution < -0.4 is 0 Å². The summed E-state index contributed by atoms with van der Waals surface area (Å²) < 4.78 is 2.04. The van der Waals surface area contributed by atoms with E-state index in [0.717, 1.165) is 12.2 Å². The number of hydrogen-bond donors (Lipinski definition) is 0. The first-order valence-corrected chi connectivity index (χ1v) is 5.01. The van der Waals surface area contributed by atoms with Crippen LogP contribution in [0.4, 0.5) is 0 Å². The van der Waals surface area contributed by atoms with Gasteiger partial charge in [-0.05, 0) is 27.0 Å². The van der Waals surface area contributed by atoms with Gasteiger partial charge < -0.3 is 0 Å². The SMILES string of the molecule is CCn1nc(C)c(SC)c1C. The second kappa shape index (κ2) is 3.30. The second-order valence-corrected chi connectivity index (χ2v) is 3.34. The minimum Gasteiger partial charge on any atom is -0.269 e. The maximum absolute atomic E-state index is 4.40. The Balaban J connectivity index is 3.14. The topological polar surface area (TPSA) is 17.8 Å². The lowest BCUT2D eigenvalue weighted by molar-refractivity contribution is 0.633. The lowest BCUT2D eigenvalue weighted by Crippen LogP contribution is -1.98. The van der Waals surface area contributed by atoms with E-state index in [4.69, 9.17) is 0 Å². The van der Waals surface area contributed by atoms with E-state index >= 15 is 0 Å². The highest BCUT2D eigenvalue weighted by molar-refractivity contribution is 7.98. The molecule has 0 aliphatic rings. The van der Waals surface area contributed by atoms with Crippen LogP contribution in [0.3, 0.4) is 0 Å². The summed E-state index contributed by atoms with van der Waals surface area (Å²) in [5.74, 6) is 0. The van der Waals surface area contributed by atoms with Crippen LogP contribution in [0, 0.1) is 13.8 Å². The third-order valence-corrected chi connectivity index (χ3v) is 2.82. The van der Waals surface area contributed by atoms with Crippen molar-refractivity contribution < 1.29 is 0 Å². The van der Waals surface area contributed by atoms with Gasteiger partial charge in [-0.3, -0.25) is 4.68 Å². The molecule has 0 aromatic carbocycles. The van der Waals surface area contributed by atoms with Gasteiger partial charge in [0.05, 0.1) is 10.6 Å². The smallest absolute Gasteiger partial charge is 0.0732 e. The zero-order chi connectivity index (χ0) is 8.43. The summed E-state index contributed by atoms with van der Waals surface area (Å²) in [7, 11) is 0. The summed E-state index contributed by atoms with van der Waals surface area (Å²) in [5, 5.41) is 4.40. The minimum absolute atomic E-state index is 0.966. The summed E-state index contributed by atoms with van der Waals surface area (Å²) in [6.07, 6.45) is 2.09. The zero-order valence-electron chi connectivity index (χ0n) is 7.51. The van der Waals surface area contributed by atoms with E-state index in [0.29, 0.717) is 0 Å². The van der Waals surface area contributed by atoms with Crippen molar-refractivity contribution in [1.29, 1.82) is 0 Å². The molecule has 1 aromatic rings. The van der Waals surface area contributed by atoms with Gasteiger partial charge in [-0.25, -0.2) is 0 Å². The van der Waals surface area contributed by atoms with Crippen molar-refractivity contribution in [1.82, 2.24) is 9.78 Å². The van der Waals surface area contributed by atoms with Crippen molar-refractivity contribution in [2.45, 2.75) is 32.2 Å². The van der Waals surface area contributed by atoms with E-state index in [2.05, 4.69) is 32.1 Å². The van der Waals surface area contributed by atoms with Gasteiger partial charge in [0.2, 0.25) is 0 Å². The molecule has 0 aliphatic heterocycles. The predicted molar refractivity (Wildman–Crippen MR) is 49.2 cm³/mol. The normalized spacial score (nSPS) is 10.5. The third kappa shape index (κ3) is 1.43. The number of hydrogen-bond acceptors (Lipinski definition) is 2. The maximum atomic E-state index is 4.40. The molecule has 0 N–H and O–H groups in total. The molecule has 3 heteroatoms. The molecule has 0 unspecified atom stereocenters. The first-order valence-electron chi connectivity index (χ1n) is 3.78. The van der Waals surface area contributed by atoms with Crippen LogP contribution in [-0.4, -0.2) is 16.0 Å². The molecule has 1 heterocycles. The Morgan fingerprint density at radius 3 is 2.36 bits per heavy atom. The molecule has 0 bridgehead atoms. The van der Waals surface area contributed by atoms with E-state index in [1.165, 1.54) is 10.6 Å². The third-order valence-electron chi connectivity index (χ3n) is 1.82. The lowest BCUT2D eigenvalue weighted by Gasteiger charge is -1.98. The Labute approximate surface area is 72.0 Å². The van der Waals surface area contributed by atoms with Gasteiger partial charge in [-0.2, -0.15) is 5.10 Å². The van der Waals surface area contributed by atoms with Crippen LogP contribution in [-0.2, 0) is 6.54 Å². The second-order valence-electron chi connectivity index (χ2n) is 2.52. The first-order chi connectivity index (χ1) is 5.20. The van der Waals surface area contributed by atoms with Crippen LogP contribution in [0.2, 0.25) is 0 Å². The zero-order valence-corrected chi connectivity index (χ0v) is 8.33. The molecule has 1 aromatic heterocycles. The van der Waals surface area contributed by atoms with Gasteiger partial charge in [-0.1, -0.05) is 0 Å². The first kappa shape index (κ1) is 8.65. The Bertz CT molecular complexity index is 253. The fourth-order valence-corrected chi connectivity index (χ4v) is 2.02. The van der Waals surface area contributed by atoms with E-state index < -0.39 is 0 Å². The van der Waals surface area contributed by atoms with Gasteiger partial charge in [0.25, 0.3) is 0 Å². The van der Waals surface area contributed by atoms with E-state index in [1.807, 2.05) is 4.68 Å². The number of nitrogens with zero attached hydrogens (tertiary/aromatic N) is 2. The number of aryl methyl sites for hydroxylation is 2. The molecule has 0 spiro atoms. The van der Waals surface area contributed by atoms with Gasteiger partial charge in [-0.15, -0.1) is 11.8 Å². The minimum atomic E-state index is 0.966. The molecular formula is C8H14N2S. The van der Waals surface area contributed by atoms with Crippen LogP contribution in [0.25, 0.3) is 0 Å². The van der Waals surface area contributed by atoms with Crippen LogP contribution >= 0.6 is 11.8 Å². The van der Waals surface area contributed by atoms with Crippen LogP contribution in [0.5, 0.6) is 0 Å². The maximum Gasteiger partial charge on any atom is 0.0732 e. The standard InChI is InChI=1S/C8H14N2S/c1-5-10-7(3)8(11-4)6(2)9-10/h5H2,1-4H3. The number of rotatable bonds is 2. The van der Waals surface area contributed by atoms with Crippen molar-refractivity contribution in [3.8, 4) is 0 Å². The Kier molecular flexibility index (Phi) is 2.60. The van der Waals surface area contributed by atoms with Crippen molar-refractivity contribution in [3.63, 3.8) is 0 Å². The molecule has 0 atom stereocenters. The number of thioether (sulfide) groups is 1. The average molecular weight is 170 g/mol. The Hall–Kier alpha value is -0.440. The largest absolute Gasteiger partial charge is 0.269 e. The molecular weight excluding hydrogens is 156 g/mol. The van der Waals surface area contributed by atoms with Crippen LogP contribution in [0.1, 0.15) is 18.3 Å². The highest BCUT2D eigenvalue weighted by Gasteiger charge is 2.07. The van der Waals surface area contributed by atoms with Crippen molar-refractivity contribution in [2.75, 3.05) is 6.26 Å². The lowest BCUT2D eigenvalue weighted by atomic mass is 10.4. The molecule has 11 heavy (non-hydrogen) atoms. The predicted octanol–water partition coefficient (Wildman–Crippen LogP) is 2.24. The summed E-state index contributed by atoms with van der Waals surface area (Å²) >= 11 is 1.77. The highest BCUT2D eigenvalue weighted by atomic mass is 32.2. The molecule has 2 nitrogen and oxygen atoms in total. The fraction of sp³-hybridized carbons (Fsp3) is 0.625.